The van der Waals surface area contributed by atoms with Crippen molar-refractivity contribution in [1.82, 2.24) is 25.0 Å². The molecule has 16 heavy (non-hydrogen) atoms. The number of likely N-dealkylation sites (N-methyl/N-ethyl adjacent to an activating group) is 1. The zero-order chi connectivity index (χ0) is 11.8. The molecule has 86 valence electrons. The monoisotopic (exact) mass is 222 g/mol. The number of aromatic nitrogens is 5. The van der Waals surface area contributed by atoms with Crippen molar-refractivity contribution >= 4 is 11.5 Å². The second-order valence-electron chi connectivity index (χ2n) is 4.38. The first kappa shape index (κ1) is 10.7. The topological polar surface area (TPSA) is 79.4 Å². The molecule has 0 unspecified atom stereocenters. The first-order chi connectivity index (χ1) is 7.47. The number of rotatable bonds is 3. The van der Waals surface area contributed by atoms with Gasteiger partial charge in [0.25, 0.3) is 0 Å². The van der Waals surface area contributed by atoms with E-state index in [1.165, 1.54) is 0 Å². The van der Waals surface area contributed by atoms with E-state index in [1.54, 1.807) is 30.8 Å². The lowest BCUT2D eigenvalue weighted by Gasteiger charge is -2.26. The number of tetrazole rings is 1. The number of hydrogen-bond donors (Lipinski definition) is 1. The molecule has 0 amide bonds. The Morgan fingerprint density at radius 2 is 2.19 bits per heavy atom. The lowest BCUT2D eigenvalue weighted by molar-refractivity contribution is 0.0883. The van der Waals surface area contributed by atoms with Crippen molar-refractivity contribution in [1.29, 1.82) is 0 Å². The molecular formula is C9H14N6O. The van der Waals surface area contributed by atoms with Gasteiger partial charge >= 0.3 is 0 Å². The normalized spacial score (nSPS) is 12.0. The van der Waals surface area contributed by atoms with Crippen LogP contribution in [0.2, 0.25) is 0 Å². The van der Waals surface area contributed by atoms with Crippen LogP contribution < -0.4 is 4.90 Å². The van der Waals surface area contributed by atoms with Crippen LogP contribution in [-0.4, -0.2) is 49.3 Å². The lowest BCUT2D eigenvalue weighted by atomic mass is 10.1. The maximum absolute atomic E-state index is 9.75. The van der Waals surface area contributed by atoms with Crippen molar-refractivity contribution < 1.29 is 5.11 Å². The van der Waals surface area contributed by atoms with Gasteiger partial charge in [-0.2, -0.15) is 4.52 Å². The van der Waals surface area contributed by atoms with Crippen LogP contribution in [0.3, 0.4) is 0 Å². The third-order valence-corrected chi connectivity index (χ3v) is 2.11. The molecule has 0 aliphatic carbocycles. The van der Waals surface area contributed by atoms with E-state index in [0.29, 0.717) is 12.2 Å². The SMILES string of the molecule is CN(CC(C)(C)O)c1cncc2nnnn12. The number of aliphatic hydroxyl groups is 1. The van der Waals surface area contributed by atoms with Crippen molar-refractivity contribution in [2.24, 2.45) is 0 Å². The van der Waals surface area contributed by atoms with E-state index in [2.05, 4.69) is 20.5 Å². The standard InChI is InChI=1S/C9H14N6O/c1-9(2,16)6-14(3)8-5-10-4-7-11-12-13-15(7)8/h4-5,16H,6H2,1-3H3. The maximum atomic E-state index is 9.75. The number of hydrogen-bond acceptors (Lipinski definition) is 6. The quantitative estimate of drug-likeness (QED) is 0.769. The Bertz CT molecular complexity index is 488. The molecule has 0 aliphatic rings. The summed E-state index contributed by atoms with van der Waals surface area (Å²) in [5.41, 5.74) is -0.203. The molecule has 0 radical (unpaired) electrons. The van der Waals surface area contributed by atoms with Crippen LogP contribution in [-0.2, 0) is 0 Å². The Hall–Kier alpha value is -1.76. The summed E-state index contributed by atoms with van der Waals surface area (Å²) in [6, 6.07) is 0. The van der Waals surface area contributed by atoms with Crippen LogP contribution in [0.25, 0.3) is 5.65 Å². The molecule has 2 heterocycles. The molecule has 1 N–H and O–H groups in total. The largest absolute Gasteiger partial charge is 0.389 e. The second kappa shape index (κ2) is 3.67. The molecule has 0 fully saturated rings. The summed E-state index contributed by atoms with van der Waals surface area (Å²) in [7, 11) is 1.86. The molecule has 0 atom stereocenters. The molecule has 0 spiro atoms. The summed E-state index contributed by atoms with van der Waals surface area (Å²) >= 11 is 0. The zero-order valence-electron chi connectivity index (χ0n) is 9.49. The minimum atomic E-state index is -0.787. The van der Waals surface area contributed by atoms with Crippen LogP contribution in [0.1, 0.15) is 13.8 Å². The third-order valence-electron chi connectivity index (χ3n) is 2.11. The number of anilines is 1. The van der Waals surface area contributed by atoms with E-state index >= 15 is 0 Å². The Labute approximate surface area is 92.7 Å². The fourth-order valence-corrected chi connectivity index (χ4v) is 1.58. The van der Waals surface area contributed by atoms with E-state index in [9.17, 15) is 5.11 Å². The Morgan fingerprint density at radius 1 is 1.44 bits per heavy atom. The molecule has 2 aromatic heterocycles. The number of fused-ring (bicyclic) bond motifs is 1. The van der Waals surface area contributed by atoms with Gasteiger partial charge in [0, 0.05) is 13.6 Å². The molecule has 7 heteroatoms. The van der Waals surface area contributed by atoms with Gasteiger partial charge in [-0.3, -0.25) is 4.98 Å². The van der Waals surface area contributed by atoms with Gasteiger partial charge in [0.2, 0.25) is 0 Å². The van der Waals surface area contributed by atoms with Crippen molar-refractivity contribution in [3.8, 4) is 0 Å². The van der Waals surface area contributed by atoms with Crippen molar-refractivity contribution in [2.45, 2.75) is 19.4 Å². The molecule has 0 saturated carbocycles. The van der Waals surface area contributed by atoms with Crippen molar-refractivity contribution in [2.75, 3.05) is 18.5 Å². The van der Waals surface area contributed by atoms with Crippen LogP contribution in [0.4, 0.5) is 5.82 Å². The first-order valence-electron chi connectivity index (χ1n) is 4.93. The van der Waals surface area contributed by atoms with Crippen LogP contribution in [0.5, 0.6) is 0 Å². The van der Waals surface area contributed by atoms with Crippen molar-refractivity contribution in [3.05, 3.63) is 12.4 Å². The van der Waals surface area contributed by atoms with Gasteiger partial charge in [-0.05, 0) is 24.3 Å². The Balaban J connectivity index is 2.36. The molecule has 2 rings (SSSR count). The number of nitrogens with zero attached hydrogens (tertiary/aromatic N) is 6. The predicted molar refractivity (Wildman–Crippen MR) is 58.1 cm³/mol. The maximum Gasteiger partial charge on any atom is 0.199 e. The predicted octanol–water partition coefficient (Wildman–Crippen LogP) is -0.274. The summed E-state index contributed by atoms with van der Waals surface area (Å²) in [6.45, 7) is 3.96. The Morgan fingerprint density at radius 3 is 2.88 bits per heavy atom. The highest BCUT2D eigenvalue weighted by atomic mass is 16.3. The summed E-state index contributed by atoms with van der Waals surface area (Å²) in [4.78, 5) is 5.91. The van der Waals surface area contributed by atoms with Gasteiger partial charge in [0.1, 0.15) is 0 Å². The summed E-state index contributed by atoms with van der Waals surface area (Å²) < 4.78 is 1.58. The molecule has 0 bridgehead atoms. The fraction of sp³-hybridized carbons (Fsp3) is 0.556. The highest BCUT2D eigenvalue weighted by molar-refractivity contribution is 5.45. The van der Waals surface area contributed by atoms with Crippen LogP contribution in [0, 0.1) is 0 Å². The summed E-state index contributed by atoms with van der Waals surface area (Å²) in [6.07, 6.45) is 3.25. The highest BCUT2D eigenvalue weighted by Gasteiger charge is 2.18. The van der Waals surface area contributed by atoms with Gasteiger partial charge < -0.3 is 10.0 Å². The van der Waals surface area contributed by atoms with Crippen LogP contribution >= 0.6 is 0 Å². The van der Waals surface area contributed by atoms with Gasteiger partial charge in [-0.25, -0.2) is 0 Å². The average Bonchev–Trinajstić information content (AvgIpc) is 2.61. The first-order valence-corrected chi connectivity index (χ1v) is 4.93. The van der Waals surface area contributed by atoms with E-state index in [4.69, 9.17) is 0 Å². The smallest absolute Gasteiger partial charge is 0.199 e. The van der Waals surface area contributed by atoms with Gasteiger partial charge in [0.15, 0.2) is 11.5 Å². The van der Waals surface area contributed by atoms with E-state index < -0.39 is 5.60 Å². The molecule has 0 saturated heterocycles. The summed E-state index contributed by atoms with van der Waals surface area (Å²) in [5.74, 6) is 0.740. The molecule has 0 aliphatic heterocycles. The van der Waals surface area contributed by atoms with Gasteiger partial charge in [-0.15, -0.1) is 5.10 Å². The zero-order valence-corrected chi connectivity index (χ0v) is 9.49. The summed E-state index contributed by atoms with van der Waals surface area (Å²) in [5, 5.41) is 21.0. The molecule has 7 nitrogen and oxygen atoms in total. The van der Waals surface area contributed by atoms with Crippen molar-refractivity contribution in [3.63, 3.8) is 0 Å². The second-order valence-corrected chi connectivity index (χ2v) is 4.38. The average molecular weight is 222 g/mol. The minimum Gasteiger partial charge on any atom is -0.389 e. The Kier molecular flexibility index (Phi) is 2.47. The van der Waals surface area contributed by atoms with Gasteiger partial charge in [0.05, 0.1) is 18.0 Å². The van der Waals surface area contributed by atoms with Gasteiger partial charge in [-0.1, -0.05) is 0 Å². The highest BCUT2D eigenvalue weighted by Crippen LogP contribution is 2.14. The lowest BCUT2D eigenvalue weighted by Crippen LogP contribution is -2.37. The molecule has 2 aromatic rings. The van der Waals surface area contributed by atoms with Crippen LogP contribution in [0.15, 0.2) is 12.4 Å². The molecule has 0 aromatic carbocycles. The third kappa shape index (κ3) is 2.08. The van der Waals surface area contributed by atoms with E-state index in [1.807, 2.05) is 11.9 Å². The van der Waals surface area contributed by atoms with E-state index in [0.717, 1.165) is 5.82 Å². The fourth-order valence-electron chi connectivity index (χ4n) is 1.58. The molecular weight excluding hydrogens is 208 g/mol. The van der Waals surface area contributed by atoms with E-state index in [-0.39, 0.29) is 0 Å². The minimum absolute atomic E-state index is 0.466.